The van der Waals surface area contributed by atoms with Gasteiger partial charge in [0.2, 0.25) is 11.1 Å². The number of fused-ring (bicyclic) bond motifs is 1. The molecule has 2 heterocycles. The van der Waals surface area contributed by atoms with Gasteiger partial charge in [-0.3, -0.25) is 9.36 Å². The Balaban J connectivity index is 2.21. The van der Waals surface area contributed by atoms with E-state index in [1.165, 1.54) is 4.57 Å². The fourth-order valence-electron chi connectivity index (χ4n) is 2.84. The molecule has 0 bridgehead atoms. The minimum Gasteiger partial charge on any atom is -0.308 e. The molecule has 3 rings (SSSR count). The Kier molecular flexibility index (Phi) is 6.24. The van der Waals surface area contributed by atoms with Crippen LogP contribution in [0.4, 0.5) is 5.82 Å². The quantitative estimate of drug-likeness (QED) is 0.479. The summed E-state index contributed by atoms with van der Waals surface area (Å²) >= 11 is 5.94. The highest BCUT2D eigenvalue weighted by atomic mass is 35.5. The van der Waals surface area contributed by atoms with Crippen LogP contribution in [0.1, 0.15) is 39.7 Å². The molecular formula is C20H25ClN6O3S. The highest BCUT2D eigenvalue weighted by molar-refractivity contribution is 7.92. The summed E-state index contributed by atoms with van der Waals surface area (Å²) in [6.07, 6.45) is 0.498. The van der Waals surface area contributed by atoms with Crippen molar-refractivity contribution in [3.63, 3.8) is 0 Å². The lowest BCUT2D eigenvalue weighted by Gasteiger charge is -2.18. The number of carbonyl (C=O) groups is 1. The number of aromatic nitrogens is 4. The highest BCUT2D eigenvalue weighted by Gasteiger charge is 2.26. The Bertz CT molecular complexity index is 1290. The fourth-order valence-corrected chi connectivity index (χ4v) is 4.20. The van der Waals surface area contributed by atoms with E-state index >= 15 is 0 Å². The highest BCUT2D eigenvalue weighted by Crippen LogP contribution is 2.24. The summed E-state index contributed by atoms with van der Waals surface area (Å²) in [4.78, 5) is 36.5. The number of rotatable bonds is 6. The maximum atomic E-state index is 12.9. The molecule has 0 saturated carbocycles. The van der Waals surface area contributed by atoms with Gasteiger partial charge in [0.1, 0.15) is 15.2 Å². The Morgan fingerprint density at radius 1 is 1.26 bits per heavy atom. The van der Waals surface area contributed by atoms with Gasteiger partial charge in [-0.15, -0.1) is 0 Å². The molecule has 0 aliphatic carbocycles. The van der Waals surface area contributed by atoms with E-state index in [4.69, 9.17) is 16.4 Å². The lowest BCUT2D eigenvalue weighted by Crippen LogP contribution is -2.28. The zero-order valence-corrected chi connectivity index (χ0v) is 19.4. The molecule has 0 aliphatic heterocycles. The van der Waals surface area contributed by atoms with Crippen molar-refractivity contribution in [3.05, 3.63) is 45.3 Å². The number of imidazole rings is 1. The number of hydrogen-bond donors (Lipinski definition) is 3. The molecule has 2 aromatic heterocycles. The second-order valence-corrected chi connectivity index (χ2v) is 10.8. The van der Waals surface area contributed by atoms with Gasteiger partial charge in [-0.1, -0.05) is 51.4 Å². The number of aromatic amines is 1. The Hall–Kier alpha value is -2.72. The van der Waals surface area contributed by atoms with Gasteiger partial charge < -0.3 is 10.3 Å². The third kappa shape index (κ3) is 4.96. The molecule has 1 atom stereocenters. The van der Waals surface area contributed by atoms with Crippen molar-refractivity contribution >= 4 is 44.2 Å². The van der Waals surface area contributed by atoms with E-state index < -0.39 is 20.8 Å². The number of halogens is 1. The lowest BCUT2D eigenvalue weighted by molar-refractivity contribution is -0.123. The first kappa shape index (κ1) is 23.0. The predicted molar refractivity (Wildman–Crippen MR) is 121 cm³/mol. The van der Waals surface area contributed by atoms with Crippen LogP contribution < -0.4 is 11.0 Å². The smallest absolute Gasteiger partial charge is 0.308 e. The predicted octanol–water partition coefficient (Wildman–Crippen LogP) is 3.62. The first-order valence-corrected chi connectivity index (χ1v) is 11.9. The Morgan fingerprint density at radius 3 is 2.48 bits per heavy atom. The van der Waals surface area contributed by atoms with Crippen molar-refractivity contribution in [1.29, 1.82) is 4.78 Å². The molecule has 0 radical (unpaired) electrons. The van der Waals surface area contributed by atoms with Crippen molar-refractivity contribution in [1.82, 2.24) is 19.5 Å². The molecule has 3 aromatic rings. The summed E-state index contributed by atoms with van der Waals surface area (Å²) in [5.74, 6) is -0.239. The normalized spacial score (nSPS) is 13.8. The third-order valence-electron chi connectivity index (χ3n) is 4.56. The SMILES string of the molecule is CCCS(=N)(=O)c1nc(NC(=O)C(C)(C)C)c2[nH]c(=O)n(Cc3ccc(Cl)cc3)c2n1. The van der Waals surface area contributed by atoms with Crippen molar-refractivity contribution in [2.45, 2.75) is 45.8 Å². The molecule has 9 nitrogen and oxygen atoms in total. The molecule has 1 unspecified atom stereocenters. The molecule has 0 fully saturated rings. The van der Waals surface area contributed by atoms with Crippen molar-refractivity contribution in [3.8, 4) is 0 Å². The number of H-pyrrole nitrogens is 1. The zero-order valence-electron chi connectivity index (χ0n) is 17.8. The van der Waals surface area contributed by atoms with E-state index in [0.717, 1.165) is 5.56 Å². The number of benzene rings is 1. The largest absolute Gasteiger partial charge is 0.328 e. The van der Waals surface area contributed by atoms with Crippen LogP contribution in [0.2, 0.25) is 5.02 Å². The monoisotopic (exact) mass is 464 g/mol. The van der Waals surface area contributed by atoms with Gasteiger partial charge in [0, 0.05) is 16.2 Å². The average Bonchev–Trinajstić information content (AvgIpc) is 2.98. The maximum Gasteiger partial charge on any atom is 0.328 e. The van der Waals surface area contributed by atoms with Gasteiger partial charge in [0.05, 0.1) is 6.54 Å². The summed E-state index contributed by atoms with van der Waals surface area (Å²) < 4.78 is 22.5. The second-order valence-electron chi connectivity index (χ2n) is 8.28. The zero-order chi connectivity index (χ0) is 23.0. The molecule has 0 saturated heterocycles. The number of anilines is 1. The molecule has 166 valence electrons. The summed E-state index contributed by atoms with van der Waals surface area (Å²) in [6, 6.07) is 6.99. The summed E-state index contributed by atoms with van der Waals surface area (Å²) in [5.41, 5.74) is -0.00467. The molecule has 1 amide bonds. The molecule has 0 spiro atoms. The van der Waals surface area contributed by atoms with E-state index in [0.29, 0.717) is 11.4 Å². The average molecular weight is 465 g/mol. The first-order valence-electron chi connectivity index (χ1n) is 9.75. The number of amides is 1. The first-order chi connectivity index (χ1) is 14.4. The van der Waals surface area contributed by atoms with E-state index in [2.05, 4.69) is 20.3 Å². The summed E-state index contributed by atoms with van der Waals surface area (Å²) in [5, 5.41) is 3.05. The van der Waals surface area contributed by atoms with Crippen molar-refractivity contribution in [2.75, 3.05) is 11.1 Å². The number of hydrogen-bond acceptors (Lipinski definition) is 6. The molecule has 11 heteroatoms. The van der Waals surface area contributed by atoms with Gasteiger partial charge in [-0.2, -0.15) is 9.97 Å². The van der Waals surface area contributed by atoms with Crippen LogP contribution in [-0.4, -0.2) is 35.4 Å². The minimum atomic E-state index is -3.30. The van der Waals surface area contributed by atoms with Gasteiger partial charge in [0.25, 0.3) is 0 Å². The van der Waals surface area contributed by atoms with Crippen LogP contribution in [0, 0.1) is 10.2 Å². The van der Waals surface area contributed by atoms with Crippen LogP contribution in [-0.2, 0) is 21.1 Å². The number of nitrogens with zero attached hydrogens (tertiary/aromatic N) is 3. The van der Waals surface area contributed by atoms with Gasteiger partial charge >= 0.3 is 5.69 Å². The fraction of sp³-hybridized carbons (Fsp3) is 0.400. The van der Waals surface area contributed by atoms with E-state index in [1.54, 1.807) is 45.0 Å². The second kappa shape index (κ2) is 8.43. The molecule has 3 N–H and O–H groups in total. The molecule has 1 aromatic carbocycles. The maximum absolute atomic E-state index is 12.9. The number of nitrogens with one attached hydrogen (secondary N) is 3. The Labute approximate surface area is 185 Å². The van der Waals surface area contributed by atoms with E-state index in [-0.39, 0.29) is 40.3 Å². The molecule has 31 heavy (non-hydrogen) atoms. The van der Waals surface area contributed by atoms with Crippen molar-refractivity contribution in [2.24, 2.45) is 5.41 Å². The van der Waals surface area contributed by atoms with Gasteiger partial charge in [0.15, 0.2) is 11.5 Å². The van der Waals surface area contributed by atoms with Crippen molar-refractivity contribution < 1.29 is 9.00 Å². The van der Waals surface area contributed by atoms with Crippen LogP contribution in [0.3, 0.4) is 0 Å². The van der Waals surface area contributed by atoms with Crippen LogP contribution >= 0.6 is 11.6 Å². The minimum absolute atomic E-state index is 0.0305. The van der Waals surface area contributed by atoms with Crippen LogP contribution in [0.25, 0.3) is 11.2 Å². The summed E-state index contributed by atoms with van der Waals surface area (Å²) in [7, 11) is -3.30. The summed E-state index contributed by atoms with van der Waals surface area (Å²) in [6.45, 7) is 7.19. The lowest BCUT2D eigenvalue weighted by atomic mass is 9.96. The topological polar surface area (TPSA) is 134 Å². The Morgan fingerprint density at radius 2 is 1.90 bits per heavy atom. The van der Waals surface area contributed by atoms with Gasteiger partial charge in [-0.25, -0.2) is 13.8 Å². The molecular weight excluding hydrogens is 440 g/mol. The number of carbonyl (C=O) groups excluding carboxylic acids is 1. The standard InChI is InChI=1S/C20H25ClN6O3S/c1-5-10-31(22,30)18-25-15(24-17(28)20(2,3)4)14-16(26-18)27(19(29)23-14)11-12-6-8-13(21)9-7-12/h6-9,22H,5,10-11H2,1-4H3,(H,23,29)(H,24,25,26,28). The van der Waals surface area contributed by atoms with E-state index in [9.17, 15) is 13.8 Å². The van der Waals surface area contributed by atoms with Gasteiger partial charge in [-0.05, 0) is 24.1 Å². The van der Waals surface area contributed by atoms with Crippen LogP contribution in [0.5, 0.6) is 0 Å². The van der Waals surface area contributed by atoms with Crippen LogP contribution in [0.15, 0.2) is 34.2 Å². The molecule has 0 aliphatic rings. The van der Waals surface area contributed by atoms with E-state index in [1.807, 2.05) is 6.92 Å². The third-order valence-corrected chi connectivity index (χ3v) is 6.56.